The van der Waals surface area contributed by atoms with Crippen LogP contribution in [0.15, 0.2) is 62.3 Å². The number of aryl methyl sites for hydroxylation is 2. The predicted octanol–water partition coefficient (Wildman–Crippen LogP) is 1.52. The standard InChI is InChI=1S/C20H24N2O2.2C9H9ClN4O4/c1-3-13-12-22-9-7-14(13)10-19(22)20(23)16-6-8-21-18-5-4-15(24-2)11-17(16)18;2*1-12-6-5(7(17)13(2)9(12)18)14(3-4(15)16)8(10)11-6/h3-6,8,11,13-14,19-20,23H,1,7,9-10,12H2,2H3;2*3H2,1-2H3,(H,15,16)/t13-,14-,19-,20+;;/m0../s1. The summed E-state index contributed by atoms with van der Waals surface area (Å²) in [5.74, 6) is -0.313. The number of hydrogen-bond donors (Lipinski definition) is 3. The fourth-order valence-corrected chi connectivity index (χ4v) is 8.29. The average Bonchev–Trinajstić information content (AvgIpc) is 3.74. The Hall–Kier alpha value is -6.09. The van der Waals surface area contributed by atoms with E-state index in [0.717, 1.165) is 69.1 Å². The number of aliphatic carboxylic acids is 2. The number of methoxy groups -OCH3 is 1. The van der Waals surface area contributed by atoms with Crippen molar-refractivity contribution in [3.63, 3.8) is 0 Å². The molecule has 6 aromatic rings. The highest BCUT2D eigenvalue weighted by Gasteiger charge is 2.42. The van der Waals surface area contributed by atoms with Gasteiger partial charge < -0.3 is 20.1 Å². The molecule has 0 amide bonds. The molecule has 3 aliphatic heterocycles. The number of halogens is 2. The molecule has 60 heavy (non-hydrogen) atoms. The van der Waals surface area contributed by atoms with Crippen LogP contribution in [-0.4, -0.2) is 101 Å². The number of imidazole rings is 2. The van der Waals surface area contributed by atoms with E-state index in [4.69, 9.17) is 38.2 Å². The van der Waals surface area contributed by atoms with Gasteiger partial charge >= 0.3 is 23.3 Å². The summed E-state index contributed by atoms with van der Waals surface area (Å²) in [6.07, 6.45) is 5.62. The van der Waals surface area contributed by atoms with E-state index in [1.54, 1.807) is 13.3 Å². The molecule has 22 heteroatoms. The first-order valence-electron chi connectivity index (χ1n) is 18.4. The van der Waals surface area contributed by atoms with E-state index in [-0.39, 0.29) is 38.9 Å². The number of aliphatic hydroxyl groups is 1. The molecule has 0 spiro atoms. The zero-order valence-corrected chi connectivity index (χ0v) is 34.7. The van der Waals surface area contributed by atoms with Gasteiger partial charge in [-0.05, 0) is 84.3 Å². The fraction of sp³-hybridized carbons (Fsp3) is 0.395. The highest BCUT2D eigenvalue weighted by molar-refractivity contribution is 6.29. The summed E-state index contributed by atoms with van der Waals surface area (Å²) in [5, 5.41) is 29.4. The smallest absolute Gasteiger partial charge is 0.332 e. The number of rotatable bonds is 8. The van der Waals surface area contributed by atoms with Crippen molar-refractivity contribution in [3.8, 4) is 5.75 Å². The van der Waals surface area contributed by atoms with Crippen molar-refractivity contribution in [1.29, 1.82) is 0 Å². The Bertz CT molecular complexity index is 2800. The second-order valence-electron chi connectivity index (χ2n) is 14.5. The van der Waals surface area contributed by atoms with Crippen LogP contribution in [0.3, 0.4) is 0 Å². The van der Waals surface area contributed by atoms with Crippen LogP contribution in [0.2, 0.25) is 10.6 Å². The third-order valence-corrected chi connectivity index (χ3v) is 11.6. The first kappa shape index (κ1) is 43.5. The Morgan fingerprint density at radius 2 is 1.42 bits per heavy atom. The van der Waals surface area contributed by atoms with E-state index in [1.165, 1.54) is 34.6 Å². The summed E-state index contributed by atoms with van der Waals surface area (Å²) in [6, 6.07) is 7.96. The quantitative estimate of drug-likeness (QED) is 0.145. The van der Waals surface area contributed by atoms with Gasteiger partial charge in [0.15, 0.2) is 22.3 Å². The number of carboxylic acids is 2. The van der Waals surface area contributed by atoms with Gasteiger partial charge in [0, 0.05) is 52.4 Å². The number of piperidine rings is 3. The van der Waals surface area contributed by atoms with Crippen molar-refractivity contribution in [2.45, 2.75) is 38.1 Å². The van der Waals surface area contributed by atoms with E-state index < -0.39 is 53.6 Å². The minimum Gasteiger partial charge on any atom is -0.497 e. The molecular weight excluding hydrogens is 827 g/mol. The second-order valence-corrected chi connectivity index (χ2v) is 15.1. The van der Waals surface area contributed by atoms with Crippen LogP contribution < -0.4 is 27.2 Å². The highest BCUT2D eigenvalue weighted by atomic mass is 35.5. The third-order valence-electron chi connectivity index (χ3n) is 11.0. The lowest BCUT2D eigenvalue weighted by Crippen LogP contribution is -2.54. The molecule has 5 aromatic heterocycles. The zero-order valence-electron chi connectivity index (χ0n) is 33.2. The minimum atomic E-state index is -1.16. The number of pyridine rings is 1. The topological polar surface area (TPSA) is 244 Å². The number of aliphatic hydroxyl groups excluding tert-OH is 1. The van der Waals surface area contributed by atoms with Gasteiger partial charge in [-0.2, -0.15) is 9.97 Å². The maximum atomic E-state index is 12.0. The van der Waals surface area contributed by atoms with Crippen LogP contribution in [0, 0.1) is 11.8 Å². The Balaban J connectivity index is 0.000000154. The predicted molar refractivity (Wildman–Crippen MR) is 221 cm³/mol. The van der Waals surface area contributed by atoms with Crippen molar-refractivity contribution < 1.29 is 29.6 Å². The van der Waals surface area contributed by atoms with Crippen LogP contribution in [0.25, 0.3) is 33.2 Å². The Labute approximate surface area is 349 Å². The number of carboxylic acid groups (broad SMARTS) is 2. The molecule has 5 atom stereocenters. The monoisotopic (exact) mass is 868 g/mol. The van der Waals surface area contributed by atoms with E-state index >= 15 is 0 Å². The van der Waals surface area contributed by atoms with Crippen molar-refractivity contribution in [3.05, 3.63) is 101 Å². The molecule has 3 N–H and O–H groups in total. The average molecular weight is 870 g/mol. The molecular formula is C38H42Cl2N10O10. The van der Waals surface area contributed by atoms with Gasteiger partial charge in [-0.3, -0.25) is 56.5 Å². The Kier molecular flexibility index (Phi) is 12.5. The molecule has 1 aromatic carbocycles. The lowest BCUT2D eigenvalue weighted by atomic mass is 9.73. The number of aromatic nitrogens is 9. The Morgan fingerprint density at radius 3 is 1.87 bits per heavy atom. The van der Waals surface area contributed by atoms with Crippen molar-refractivity contribution >= 4 is 68.4 Å². The summed E-state index contributed by atoms with van der Waals surface area (Å²) in [4.78, 5) is 83.2. The van der Waals surface area contributed by atoms with E-state index in [0.29, 0.717) is 11.8 Å². The summed E-state index contributed by atoms with van der Waals surface area (Å²) in [6.45, 7) is 5.07. The van der Waals surface area contributed by atoms with Crippen LogP contribution in [0.1, 0.15) is 24.5 Å². The van der Waals surface area contributed by atoms with Crippen molar-refractivity contribution in [2.24, 2.45) is 40.0 Å². The zero-order chi connectivity index (χ0) is 43.9. The molecule has 3 saturated heterocycles. The van der Waals surface area contributed by atoms with Crippen molar-refractivity contribution in [1.82, 2.24) is 47.3 Å². The second kappa shape index (κ2) is 17.3. The molecule has 1 unspecified atom stereocenters. The minimum absolute atomic E-state index is 0.00741. The van der Waals surface area contributed by atoms with E-state index in [9.17, 15) is 33.9 Å². The SMILES string of the molecule is C=C[C@H]1CN2CC[C@H]1C[C@H]2[C@H](O)c1ccnc2ccc(OC)cc12.Cn1c(=O)c2c(nc(Cl)n2CC(=O)O)n(C)c1=O.Cn1c(=O)c2c(nc(Cl)n2CC(=O)O)n(C)c1=O. The normalized spacial score (nSPS) is 18.7. The van der Waals surface area contributed by atoms with Crippen molar-refractivity contribution in [2.75, 3.05) is 20.2 Å². The molecule has 318 valence electrons. The van der Waals surface area contributed by atoms with Gasteiger partial charge in [0.1, 0.15) is 18.8 Å². The summed E-state index contributed by atoms with van der Waals surface area (Å²) in [5.41, 5.74) is -0.405. The number of fused-ring (bicyclic) bond motifs is 6. The van der Waals surface area contributed by atoms with E-state index in [1.807, 2.05) is 24.3 Å². The number of nitrogens with zero attached hydrogens (tertiary/aromatic N) is 10. The maximum absolute atomic E-state index is 12.0. The molecule has 3 fully saturated rings. The summed E-state index contributed by atoms with van der Waals surface area (Å²) < 4.78 is 11.5. The summed E-state index contributed by atoms with van der Waals surface area (Å²) >= 11 is 11.6. The molecule has 0 radical (unpaired) electrons. The van der Waals surface area contributed by atoms with Gasteiger partial charge in [-0.25, -0.2) is 9.59 Å². The lowest BCUT2D eigenvalue weighted by molar-refractivity contribution is -0.138. The summed E-state index contributed by atoms with van der Waals surface area (Å²) in [7, 11) is 7.12. The van der Waals surface area contributed by atoms with Gasteiger partial charge in [0.25, 0.3) is 11.1 Å². The molecule has 3 aliphatic rings. The molecule has 2 bridgehead atoms. The largest absolute Gasteiger partial charge is 0.497 e. The molecule has 0 saturated carbocycles. The van der Waals surface area contributed by atoms with Crippen LogP contribution in [-0.2, 0) is 50.9 Å². The molecule has 20 nitrogen and oxygen atoms in total. The van der Waals surface area contributed by atoms with Gasteiger partial charge in [-0.15, -0.1) is 6.58 Å². The lowest BCUT2D eigenvalue weighted by Gasteiger charge is -2.50. The van der Waals surface area contributed by atoms with Gasteiger partial charge in [0.2, 0.25) is 10.6 Å². The first-order chi connectivity index (χ1) is 28.4. The third kappa shape index (κ3) is 7.97. The van der Waals surface area contributed by atoms with E-state index in [2.05, 4.69) is 32.5 Å². The van der Waals surface area contributed by atoms with Crippen LogP contribution >= 0.6 is 23.2 Å². The Morgan fingerprint density at radius 1 is 0.883 bits per heavy atom. The molecule has 9 rings (SSSR count). The number of benzene rings is 1. The molecule has 0 aliphatic carbocycles. The fourth-order valence-electron chi connectivity index (χ4n) is 7.84. The number of carbonyl (C=O) groups is 2. The highest BCUT2D eigenvalue weighted by Crippen LogP contribution is 2.42. The van der Waals surface area contributed by atoms with Gasteiger partial charge in [-0.1, -0.05) is 6.08 Å². The first-order valence-corrected chi connectivity index (χ1v) is 19.2. The number of hydrogen-bond acceptors (Lipinski definition) is 12. The molecule has 8 heterocycles. The number of ether oxygens (including phenoxy) is 1. The van der Waals surface area contributed by atoms with Crippen LogP contribution in [0.4, 0.5) is 0 Å². The van der Waals surface area contributed by atoms with Crippen LogP contribution in [0.5, 0.6) is 5.75 Å². The van der Waals surface area contributed by atoms with Gasteiger partial charge in [0.05, 0.1) is 18.7 Å². The maximum Gasteiger partial charge on any atom is 0.332 e.